The van der Waals surface area contributed by atoms with Gasteiger partial charge in [0.1, 0.15) is 5.82 Å². The summed E-state index contributed by atoms with van der Waals surface area (Å²) in [4.78, 5) is 14.9. The van der Waals surface area contributed by atoms with Crippen LogP contribution in [0.5, 0.6) is 0 Å². The second-order valence-electron chi connectivity index (χ2n) is 3.64. The minimum atomic E-state index is -1.05. The number of carboxylic acids is 1. The molecular weight excluding hydrogens is 221 g/mol. The topological polar surface area (TPSA) is 50.2 Å². The molecule has 0 bridgehead atoms. The Hall–Kier alpha value is -2.23. The fraction of sp³-hybridized carbons (Fsp3) is 0.0769. The van der Waals surface area contributed by atoms with Crippen molar-refractivity contribution in [1.82, 2.24) is 4.98 Å². The number of nitrogens with zero attached hydrogens (tertiary/aromatic N) is 1. The van der Waals surface area contributed by atoms with Gasteiger partial charge in [0.05, 0.1) is 5.56 Å². The summed E-state index contributed by atoms with van der Waals surface area (Å²) in [6.07, 6.45) is 3.62. The third kappa shape index (κ3) is 2.66. The molecule has 17 heavy (non-hydrogen) atoms. The van der Waals surface area contributed by atoms with Gasteiger partial charge in [0.25, 0.3) is 0 Å². The van der Waals surface area contributed by atoms with Crippen molar-refractivity contribution in [2.75, 3.05) is 0 Å². The van der Waals surface area contributed by atoms with Crippen molar-refractivity contribution in [3.05, 3.63) is 65.2 Å². The Labute approximate surface area is 97.6 Å². The first-order valence-corrected chi connectivity index (χ1v) is 5.07. The molecule has 0 amide bonds. The molecule has 0 atom stereocenters. The minimum absolute atomic E-state index is 0.121. The molecule has 1 N–H and O–H groups in total. The second-order valence-corrected chi connectivity index (χ2v) is 3.64. The van der Waals surface area contributed by atoms with Gasteiger partial charge in [-0.25, -0.2) is 9.18 Å². The van der Waals surface area contributed by atoms with E-state index in [2.05, 4.69) is 4.98 Å². The molecule has 0 aliphatic heterocycles. The van der Waals surface area contributed by atoms with E-state index in [0.29, 0.717) is 12.0 Å². The van der Waals surface area contributed by atoms with Crippen molar-refractivity contribution < 1.29 is 14.3 Å². The van der Waals surface area contributed by atoms with Crippen LogP contribution in [0.1, 0.15) is 21.5 Å². The van der Waals surface area contributed by atoms with E-state index in [4.69, 9.17) is 5.11 Å². The number of halogens is 1. The third-order valence-corrected chi connectivity index (χ3v) is 2.42. The van der Waals surface area contributed by atoms with Gasteiger partial charge in [0, 0.05) is 12.4 Å². The van der Waals surface area contributed by atoms with Crippen LogP contribution in [0.25, 0.3) is 0 Å². The Balaban J connectivity index is 2.37. The van der Waals surface area contributed by atoms with Gasteiger partial charge >= 0.3 is 5.97 Å². The van der Waals surface area contributed by atoms with Gasteiger partial charge in [-0.05, 0) is 41.8 Å². The lowest BCUT2D eigenvalue weighted by Crippen LogP contribution is -2.03. The van der Waals surface area contributed by atoms with Crippen LogP contribution in [-0.2, 0) is 6.42 Å². The maximum absolute atomic E-state index is 13.1. The summed E-state index contributed by atoms with van der Waals surface area (Å²) in [5.41, 5.74) is 1.42. The molecule has 2 aromatic rings. The number of aromatic carboxylic acids is 1. The standard InChI is InChI=1S/C13H10FNO2/c14-11-3-4-12(13(16)17)10(7-11)6-9-2-1-5-15-8-9/h1-5,7-8H,6H2,(H,16,17). The van der Waals surface area contributed by atoms with E-state index in [1.807, 2.05) is 6.07 Å². The van der Waals surface area contributed by atoms with Gasteiger partial charge in [0.2, 0.25) is 0 Å². The molecular formula is C13H10FNO2. The lowest BCUT2D eigenvalue weighted by molar-refractivity contribution is 0.0696. The second kappa shape index (κ2) is 4.74. The minimum Gasteiger partial charge on any atom is -0.478 e. The molecule has 3 nitrogen and oxygen atoms in total. The van der Waals surface area contributed by atoms with Gasteiger partial charge in [-0.15, -0.1) is 0 Å². The van der Waals surface area contributed by atoms with Crippen LogP contribution < -0.4 is 0 Å². The van der Waals surface area contributed by atoms with Gasteiger partial charge < -0.3 is 5.11 Å². The van der Waals surface area contributed by atoms with E-state index in [1.54, 1.807) is 18.5 Å². The first kappa shape index (κ1) is 11.3. The van der Waals surface area contributed by atoms with Crippen LogP contribution >= 0.6 is 0 Å². The zero-order chi connectivity index (χ0) is 12.3. The highest BCUT2D eigenvalue weighted by Crippen LogP contribution is 2.15. The van der Waals surface area contributed by atoms with Crippen LogP contribution in [0, 0.1) is 5.82 Å². The highest BCUT2D eigenvalue weighted by atomic mass is 19.1. The predicted octanol–water partition coefficient (Wildman–Crippen LogP) is 2.51. The SMILES string of the molecule is O=C(O)c1ccc(F)cc1Cc1cccnc1. The van der Waals surface area contributed by atoms with E-state index in [-0.39, 0.29) is 5.56 Å². The molecule has 0 aliphatic rings. The fourth-order valence-electron chi connectivity index (χ4n) is 1.64. The number of aromatic nitrogens is 1. The quantitative estimate of drug-likeness (QED) is 0.882. The number of hydrogen-bond donors (Lipinski definition) is 1. The van der Waals surface area contributed by atoms with E-state index < -0.39 is 11.8 Å². The van der Waals surface area contributed by atoms with Crippen molar-refractivity contribution in [3.63, 3.8) is 0 Å². The number of hydrogen-bond acceptors (Lipinski definition) is 2. The Bertz CT molecular complexity index is 540. The smallest absolute Gasteiger partial charge is 0.335 e. The Kier molecular flexibility index (Phi) is 3.14. The Morgan fingerprint density at radius 2 is 2.18 bits per heavy atom. The summed E-state index contributed by atoms with van der Waals surface area (Å²) in [6, 6.07) is 7.26. The van der Waals surface area contributed by atoms with Crippen molar-refractivity contribution in [2.45, 2.75) is 6.42 Å². The van der Waals surface area contributed by atoms with Gasteiger partial charge in [-0.3, -0.25) is 4.98 Å². The monoisotopic (exact) mass is 231 g/mol. The molecule has 0 aliphatic carbocycles. The first-order chi connectivity index (χ1) is 8.16. The Morgan fingerprint density at radius 3 is 2.82 bits per heavy atom. The number of pyridine rings is 1. The zero-order valence-electron chi connectivity index (χ0n) is 8.93. The van der Waals surface area contributed by atoms with Crippen LogP contribution in [0.3, 0.4) is 0 Å². The molecule has 1 aromatic carbocycles. The summed E-state index contributed by atoms with van der Waals surface area (Å²) < 4.78 is 13.1. The molecule has 0 unspecified atom stereocenters. The van der Waals surface area contributed by atoms with E-state index in [9.17, 15) is 9.18 Å². The van der Waals surface area contributed by atoms with Crippen LogP contribution in [0.2, 0.25) is 0 Å². The zero-order valence-corrected chi connectivity index (χ0v) is 8.93. The van der Waals surface area contributed by atoms with Crippen LogP contribution in [0.15, 0.2) is 42.7 Å². The molecule has 0 saturated carbocycles. The molecule has 4 heteroatoms. The van der Waals surface area contributed by atoms with Gasteiger partial charge in [-0.2, -0.15) is 0 Å². The maximum Gasteiger partial charge on any atom is 0.335 e. The fourth-order valence-corrected chi connectivity index (χ4v) is 1.64. The molecule has 1 heterocycles. The van der Waals surface area contributed by atoms with E-state index >= 15 is 0 Å². The van der Waals surface area contributed by atoms with Crippen molar-refractivity contribution in [3.8, 4) is 0 Å². The summed E-state index contributed by atoms with van der Waals surface area (Å²) >= 11 is 0. The highest BCUT2D eigenvalue weighted by Gasteiger charge is 2.11. The average molecular weight is 231 g/mol. The maximum atomic E-state index is 13.1. The third-order valence-electron chi connectivity index (χ3n) is 2.42. The van der Waals surface area contributed by atoms with E-state index in [0.717, 1.165) is 11.6 Å². The van der Waals surface area contributed by atoms with Crippen molar-refractivity contribution in [1.29, 1.82) is 0 Å². The molecule has 1 aromatic heterocycles. The van der Waals surface area contributed by atoms with Gasteiger partial charge in [0.15, 0.2) is 0 Å². The average Bonchev–Trinajstić information content (AvgIpc) is 2.30. The number of carboxylic acid groups (broad SMARTS) is 1. The number of rotatable bonds is 3. The largest absolute Gasteiger partial charge is 0.478 e. The predicted molar refractivity (Wildman–Crippen MR) is 60.4 cm³/mol. The number of carbonyl (C=O) groups is 1. The van der Waals surface area contributed by atoms with E-state index in [1.165, 1.54) is 12.1 Å². The summed E-state index contributed by atoms with van der Waals surface area (Å²) in [5, 5.41) is 9.00. The molecule has 0 fully saturated rings. The summed E-state index contributed by atoms with van der Waals surface area (Å²) in [6.45, 7) is 0. The molecule has 0 radical (unpaired) electrons. The molecule has 86 valence electrons. The summed E-state index contributed by atoms with van der Waals surface area (Å²) in [5.74, 6) is -1.49. The highest BCUT2D eigenvalue weighted by molar-refractivity contribution is 5.89. The number of benzene rings is 1. The van der Waals surface area contributed by atoms with Crippen LogP contribution in [-0.4, -0.2) is 16.1 Å². The molecule has 2 rings (SSSR count). The Morgan fingerprint density at radius 1 is 1.35 bits per heavy atom. The van der Waals surface area contributed by atoms with Crippen molar-refractivity contribution in [2.24, 2.45) is 0 Å². The molecule has 0 spiro atoms. The normalized spacial score (nSPS) is 10.2. The van der Waals surface area contributed by atoms with Gasteiger partial charge in [-0.1, -0.05) is 6.07 Å². The first-order valence-electron chi connectivity index (χ1n) is 5.07. The lowest BCUT2D eigenvalue weighted by atomic mass is 10.0. The summed E-state index contributed by atoms with van der Waals surface area (Å²) in [7, 11) is 0. The van der Waals surface area contributed by atoms with Crippen LogP contribution in [0.4, 0.5) is 4.39 Å². The van der Waals surface area contributed by atoms with Crippen molar-refractivity contribution >= 4 is 5.97 Å². The lowest BCUT2D eigenvalue weighted by Gasteiger charge is -2.06. The molecule has 0 saturated heterocycles.